The fourth-order valence-corrected chi connectivity index (χ4v) is 3.33. The van der Waals surface area contributed by atoms with Crippen molar-refractivity contribution in [3.8, 4) is 11.5 Å². The molecular weight excluding hydrogens is 362 g/mol. The number of rotatable bonds is 6. The first kappa shape index (κ1) is 18.7. The van der Waals surface area contributed by atoms with Gasteiger partial charge in [0, 0.05) is 0 Å². The van der Waals surface area contributed by atoms with E-state index in [1.54, 1.807) is 14.2 Å². The van der Waals surface area contributed by atoms with Gasteiger partial charge in [-0.2, -0.15) is 0 Å². The summed E-state index contributed by atoms with van der Waals surface area (Å²) in [5.41, 5.74) is 4.71. The van der Waals surface area contributed by atoms with Crippen LogP contribution in [0.4, 0.5) is 0 Å². The molecule has 0 amide bonds. The van der Waals surface area contributed by atoms with Crippen LogP contribution in [0.2, 0.25) is 0 Å². The summed E-state index contributed by atoms with van der Waals surface area (Å²) in [6.45, 7) is 1.46. The van der Waals surface area contributed by atoms with Crippen LogP contribution in [0.15, 0.2) is 72.8 Å². The molecule has 0 bridgehead atoms. The van der Waals surface area contributed by atoms with Gasteiger partial charge in [-0.05, 0) is 47.5 Å². The number of ether oxygens (including phenoxy) is 2. The zero-order valence-corrected chi connectivity index (χ0v) is 16.7. The quantitative estimate of drug-likeness (QED) is 0.573. The summed E-state index contributed by atoms with van der Waals surface area (Å²) in [5, 5.41) is 3.50. The molecule has 0 saturated carbocycles. The van der Waals surface area contributed by atoms with E-state index in [0.29, 0.717) is 0 Å². The molecule has 1 aliphatic rings. The molecule has 0 saturated heterocycles. The molecular formula is C24H25N3O2+2. The van der Waals surface area contributed by atoms with Gasteiger partial charge in [-0.3, -0.25) is 9.98 Å². The first-order valence-corrected chi connectivity index (χ1v) is 9.61. The topological polar surface area (TPSA) is 58.4 Å². The minimum atomic E-state index is 0.729. The van der Waals surface area contributed by atoms with Crippen LogP contribution in [-0.2, 0) is 13.1 Å². The van der Waals surface area contributed by atoms with Crippen LogP contribution in [0, 0.1) is 0 Å². The molecule has 29 heavy (non-hydrogen) atoms. The lowest BCUT2D eigenvalue weighted by molar-refractivity contribution is -0.481. The largest absolute Gasteiger partial charge is 0.497 e. The summed E-state index contributed by atoms with van der Waals surface area (Å²) in [6, 6.07) is 24.6. The molecule has 3 aromatic carbocycles. The number of hydrogen-bond donors (Lipinski definition) is 3. The fourth-order valence-electron chi connectivity index (χ4n) is 3.33. The van der Waals surface area contributed by atoms with Gasteiger partial charge in [-0.15, -0.1) is 0 Å². The Balaban J connectivity index is 1.53. The van der Waals surface area contributed by atoms with Crippen LogP contribution in [-0.4, -0.2) is 25.9 Å². The van der Waals surface area contributed by atoms with Gasteiger partial charge < -0.3 is 9.47 Å². The van der Waals surface area contributed by atoms with E-state index in [9.17, 15) is 0 Å². The maximum atomic E-state index is 5.23. The second-order valence-electron chi connectivity index (χ2n) is 6.82. The van der Waals surface area contributed by atoms with Gasteiger partial charge in [0.1, 0.15) is 24.6 Å². The van der Waals surface area contributed by atoms with Crippen LogP contribution in [0.3, 0.4) is 0 Å². The van der Waals surface area contributed by atoms with Crippen molar-refractivity contribution < 1.29 is 19.5 Å². The SMILES string of the molecule is COc1ccc(C[NH+]=C2NC(=[NH+]Cc3ccc(OC)cc3)c3ccccc32)cc1. The highest BCUT2D eigenvalue weighted by Gasteiger charge is 2.30. The number of amidine groups is 2. The average Bonchev–Trinajstić information content (AvgIpc) is 3.15. The lowest BCUT2D eigenvalue weighted by Gasteiger charge is -2.00. The summed E-state index contributed by atoms with van der Waals surface area (Å²) in [4.78, 5) is 7.04. The third-order valence-electron chi connectivity index (χ3n) is 4.97. The Bertz CT molecular complexity index is 954. The van der Waals surface area contributed by atoms with Crippen LogP contribution in [0.25, 0.3) is 0 Å². The molecule has 1 heterocycles. The van der Waals surface area contributed by atoms with E-state index in [0.717, 1.165) is 36.3 Å². The maximum absolute atomic E-state index is 5.23. The summed E-state index contributed by atoms with van der Waals surface area (Å²) < 4.78 is 10.5. The highest BCUT2D eigenvalue weighted by Crippen LogP contribution is 2.13. The Morgan fingerprint density at radius 1 is 0.621 bits per heavy atom. The summed E-state index contributed by atoms with van der Waals surface area (Å²) in [5.74, 6) is 3.75. The van der Waals surface area contributed by atoms with Crippen molar-refractivity contribution in [3.63, 3.8) is 0 Å². The normalized spacial score (nSPS) is 15.2. The Morgan fingerprint density at radius 3 is 1.41 bits per heavy atom. The molecule has 146 valence electrons. The number of fused-ring (bicyclic) bond motifs is 1. The Hall–Kier alpha value is -3.60. The molecule has 0 radical (unpaired) electrons. The first-order chi connectivity index (χ1) is 14.3. The summed E-state index contributed by atoms with van der Waals surface area (Å²) in [6.07, 6.45) is 0. The van der Waals surface area contributed by atoms with Crippen LogP contribution in [0.5, 0.6) is 11.5 Å². The zero-order valence-electron chi connectivity index (χ0n) is 16.7. The van der Waals surface area contributed by atoms with Gasteiger partial charge in [-0.1, -0.05) is 36.4 Å². The molecule has 4 rings (SSSR count). The molecule has 5 heteroatoms. The van der Waals surface area contributed by atoms with Crippen LogP contribution in [0.1, 0.15) is 22.3 Å². The number of nitrogens with one attached hydrogen (secondary N) is 3. The summed E-state index contributed by atoms with van der Waals surface area (Å²) in [7, 11) is 3.36. The fraction of sp³-hybridized carbons (Fsp3) is 0.167. The van der Waals surface area contributed by atoms with E-state index in [4.69, 9.17) is 9.47 Å². The van der Waals surface area contributed by atoms with Crippen molar-refractivity contribution in [1.82, 2.24) is 5.32 Å². The maximum Gasteiger partial charge on any atom is 0.284 e. The van der Waals surface area contributed by atoms with E-state index < -0.39 is 0 Å². The predicted molar refractivity (Wildman–Crippen MR) is 113 cm³/mol. The van der Waals surface area contributed by atoms with Gasteiger partial charge in [0.05, 0.1) is 25.3 Å². The second-order valence-corrected chi connectivity index (χ2v) is 6.82. The molecule has 5 nitrogen and oxygen atoms in total. The van der Waals surface area contributed by atoms with Gasteiger partial charge in [0.25, 0.3) is 11.7 Å². The monoisotopic (exact) mass is 387 g/mol. The van der Waals surface area contributed by atoms with E-state index in [1.165, 1.54) is 22.3 Å². The third-order valence-corrected chi connectivity index (χ3v) is 4.97. The highest BCUT2D eigenvalue weighted by molar-refractivity contribution is 6.21. The van der Waals surface area contributed by atoms with Crippen molar-refractivity contribution in [1.29, 1.82) is 0 Å². The number of hydrogen-bond acceptors (Lipinski definition) is 2. The van der Waals surface area contributed by atoms with Crippen molar-refractivity contribution >= 4 is 11.7 Å². The standard InChI is InChI=1S/C24H23N3O2/c1-28-19-11-7-17(8-12-19)15-25-23-21-5-3-4-6-22(21)24(27-23)26-16-18-9-13-20(29-2)14-10-18/h3-14H,15-16H2,1-2H3,(H,25,26,27)/p+2. The molecule has 3 aromatic rings. The van der Waals surface area contributed by atoms with Gasteiger partial charge >= 0.3 is 0 Å². The third kappa shape index (κ3) is 4.29. The van der Waals surface area contributed by atoms with Gasteiger partial charge in [-0.25, -0.2) is 5.32 Å². The Morgan fingerprint density at radius 2 is 1.03 bits per heavy atom. The molecule has 0 fully saturated rings. The van der Waals surface area contributed by atoms with Gasteiger partial charge in [0.15, 0.2) is 0 Å². The number of benzene rings is 3. The highest BCUT2D eigenvalue weighted by atomic mass is 16.5. The van der Waals surface area contributed by atoms with E-state index in [2.05, 4.69) is 63.8 Å². The first-order valence-electron chi connectivity index (χ1n) is 9.61. The zero-order chi connectivity index (χ0) is 20.1. The molecule has 0 aromatic heterocycles. The Labute approximate surface area is 170 Å². The Kier molecular flexibility index (Phi) is 5.56. The molecule has 0 aliphatic carbocycles. The summed E-state index contributed by atoms with van der Waals surface area (Å²) >= 11 is 0. The second kappa shape index (κ2) is 8.61. The lowest BCUT2D eigenvalue weighted by atomic mass is 10.1. The van der Waals surface area contributed by atoms with Crippen molar-refractivity contribution in [3.05, 3.63) is 95.1 Å². The van der Waals surface area contributed by atoms with Crippen LogP contribution >= 0.6 is 0 Å². The average molecular weight is 387 g/mol. The van der Waals surface area contributed by atoms with E-state index in [-0.39, 0.29) is 0 Å². The lowest BCUT2D eigenvalue weighted by Crippen LogP contribution is -2.78. The van der Waals surface area contributed by atoms with E-state index in [1.807, 2.05) is 24.3 Å². The minimum absolute atomic E-state index is 0.729. The van der Waals surface area contributed by atoms with E-state index >= 15 is 0 Å². The van der Waals surface area contributed by atoms with Crippen molar-refractivity contribution in [2.45, 2.75) is 13.1 Å². The van der Waals surface area contributed by atoms with Crippen molar-refractivity contribution in [2.24, 2.45) is 0 Å². The van der Waals surface area contributed by atoms with Crippen LogP contribution < -0.4 is 24.8 Å². The minimum Gasteiger partial charge on any atom is -0.497 e. The molecule has 3 N–H and O–H groups in total. The molecule has 0 atom stereocenters. The molecule has 1 aliphatic heterocycles. The van der Waals surface area contributed by atoms with Gasteiger partial charge in [0.2, 0.25) is 0 Å². The van der Waals surface area contributed by atoms with Crippen molar-refractivity contribution in [2.75, 3.05) is 14.2 Å². The predicted octanol–water partition coefficient (Wildman–Crippen LogP) is 0.362. The number of methoxy groups -OCH3 is 2. The smallest absolute Gasteiger partial charge is 0.284 e. The molecule has 0 spiro atoms. The molecule has 0 unspecified atom stereocenters.